The first-order valence-corrected chi connectivity index (χ1v) is 12.6. The van der Waals surface area contributed by atoms with Gasteiger partial charge in [0, 0.05) is 10.5 Å². The molecule has 0 amide bonds. The summed E-state index contributed by atoms with van der Waals surface area (Å²) in [6, 6.07) is 29.7. The molecule has 6 heteroatoms. The van der Waals surface area contributed by atoms with Crippen molar-refractivity contribution >= 4 is 33.1 Å². The van der Waals surface area contributed by atoms with E-state index in [-0.39, 0.29) is 11.6 Å². The lowest BCUT2D eigenvalue weighted by atomic mass is 9.95. The predicted molar refractivity (Wildman–Crippen MR) is 140 cm³/mol. The van der Waals surface area contributed by atoms with Gasteiger partial charge in [-0.2, -0.15) is 0 Å². The van der Waals surface area contributed by atoms with Crippen LogP contribution in [0.25, 0.3) is 22.3 Å². The van der Waals surface area contributed by atoms with Gasteiger partial charge in [0.15, 0.2) is 0 Å². The van der Waals surface area contributed by atoms with Crippen molar-refractivity contribution in [2.45, 2.75) is 18.7 Å². The van der Waals surface area contributed by atoms with Crippen molar-refractivity contribution in [2.75, 3.05) is 5.75 Å². The molecule has 0 N–H and O–H groups in total. The van der Waals surface area contributed by atoms with Gasteiger partial charge in [-0.05, 0) is 79.1 Å². The van der Waals surface area contributed by atoms with Gasteiger partial charge in [-0.1, -0.05) is 59.3 Å². The second-order valence-corrected chi connectivity index (χ2v) is 9.90. The van der Waals surface area contributed by atoms with Crippen LogP contribution in [0.4, 0.5) is 4.39 Å². The summed E-state index contributed by atoms with van der Waals surface area (Å²) in [4.78, 5) is 0.747. The summed E-state index contributed by atoms with van der Waals surface area (Å²) < 4.78 is 29.3. The molecule has 0 spiro atoms. The lowest BCUT2D eigenvalue weighted by Gasteiger charge is -2.19. The summed E-state index contributed by atoms with van der Waals surface area (Å²) in [7, 11) is -1.32. The lowest BCUT2D eigenvalue weighted by Crippen LogP contribution is -2.11. The topological polar surface area (TPSA) is 47.8 Å². The van der Waals surface area contributed by atoms with Gasteiger partial charge in [0.05, 0.1) is 27.8 Å². The average molecular weight is 482 g/mol. The van der Waals surface area contributed by atoms with E-state index >= 15 is 0 Å². The molecule has 1 atom stereocenters. The second kappa shape index (κ2) is 9.76. The highest BCUT2D eigenvalue weighted by atomic mass is 32.2. The minimum absolute atomic E-state index is 0.259. The molecule has 0 aliphatic rings. The van der Waals surface area contributed by atoms with Gasteiger partial charge < -0.3 is 0 Å². The number of hydrogen-bond acceptors (Lipinski definition) is 3. The minimum atomic E-state index is -1.32. The Hall–Kier alpha value is -3.90. The number of nitrogens with zero attached hydrogens (tertiary/aromatic N) is 3. The predicted octanol–water partition coefficient (Wildman–Crippen LogP) is 6.41. The molecule has 1 unspecified atom stereocenters. The molecule has 0 bridgehead atoms. The van der Waals surface area contributed by atoms with Gasteiger partial charge in [0.2, 0.25) is 0 Å². The third-order valence-electron chi connectivity index (χ3n) is 5.97. The molecule has 0 fully saturated rings. The minimum Gasteiger partial charge on any atom is -0.254 e. The maximum atomic E-state index is 13.9. The third-order valence-corrected chi connectivity index (χ3v) is 7.32. The van der Waals surface area contributed by atoms with Gasteiger partial charge in [0.1, 0.15) is 11.3 Å². The van der Waals surface area contributed by atoms with E-state index in [9.17, 15) is 8.60 Å². The Morgan fingerprint density at radius 3 is 2.37 bits per heavy atom. The second-order valence-electron chi connectivity index (χ2n) is 8.45. The molecule has 174 valence electrons. The van der Waals surface area contributed by atoms with E-state index in [1.807, 2.05) is 68.4 Å². The van der Waals surface area contributed by atoms with Crippen LogP contribution in [0.3, 0.4) is 0 Å². The molecule has 1 aromatic heterocycles. The van der Waals surface area contributed by atoms with Gasteiger partial charge in [-0.25, -0.2) is 9.07 Å². The van der Waals surface area contributed by atoms with E-state index in [4.69, 9.17) is 0 Å². The van der Waals surface area contributed by atoms with E-state index in [2.05, 4.69) is 28.5 Å². The first kappa shape index (κ1) is 22.9. The quantitative estimate of drug-likeness (QED) is 0.263. The zero-order chi connectivity index (χ0) is 24.4. The van der Waals surface area contributed by atoms with Crippen molar-refractivity contribution in [3.05, 3.63) is 125 Å². The van der Waals surface area contributed by atoms with Crippen LogP contribution in [0.1, 0.15) is 22.3 Å². The number of rotatable bonds is 6. The number of aromatic nitrogens is 3. The SMILES string of the molecule is Cc1ccc(C)c(/C(CS(=O)c2ccccc2)=C(/c2ccc(F)cc2)n2nnc3ccccc32)c1. The van der Waals surface area contributed by atoms with Crippen LogP contribution in [0.5, 0.6) is 0 Å². The highest BCUT2D eigenvalue weighted by Crippen LogP contribution is 2.33. The fourth-order valence-electron chi connectivity index (χ4n) is 4.19. The molecular weight excluding hydrogens is 457 g/mol. The molecule has 5 rings (SSSR count). The third kappa shape index (κ3) is 4.70. The van der Waals surface area contributed by atoms with Crippen LogP contribution in [0, 0.1) is 19.7 Å². The fraction of sp³-hybridized carbons (Fsp3) is 0.103. The number of para-hydroxylation sites is 1. The van der Waals surface area contributed by atoms with Crippen molar-refractivity contribution in [3.8, 4) is 0 Å². The molecule has 0 aliphatic carbocycles. The first-order chi connectivity index (χ1) is 17.0. The number of hydrogen-bond donors (Lipinski definition) is 0. The summed E-state index contributed by atoms with van der Waals surface area (Å²) in [5, 5.41) is 8.85. The highest BCUT2D eigenvalue weighted by Gasteiger charge is 2.21. The number of halogens is 1. The zero-order valence-electron chi connectivity index (χ0n) is 19.5. The molecule has 4 aromatic carbocycles. The Morgan fingerprint density at radius 2 is 1.60 bits per heavy atom. The van der Waals surface area contributed by atoms with Crippen molar-refractivity contribution in [1.82, 2.24) is 15.0 Å². The van der Waals surface area contributed by atoms with Crippen molar-refractivity contribution in [2.24, 2.45) is 0 Å². The number of aryl methyl sites for hydroxylation is 2. The van der Waals surface area contributed by atoms with Crippen LogP contribution >= 0.6 is 0 Å². The number of fused-ring (bicyclic) bond motifs is 1. The molecule has 4 nitrogen and oxygen atoms in total. The van der Waals surface area contributed by atoms with Crippen LogP contribution in [-0.4, -0.2) is 25.0 Å². The maximum absolute atomic E-state index is 13.9. The van der Waals surface area contributed by atoms with Crippen molar-refractivity contribution in [1.29, 1.82) is 0 Å². The van der Waals surface area contributed by atoms with Crippen LogP contribution in [0.2, 0.25) is 0 Å². The summed E-state index contributed by atoms with van der Waals surface area (Å²) in [5.41, 5.74) is 7.05. The van der Waals surface area contributed by atoms with E-state index < -0.39 is 10.8 Å². The molecule has 0 saturated carbocycles. The van der Waals surface area contributed by atoms with E-state index in [1.165, 1.54) is 12.1 Å². The highest BCUT2D eigenvalue weighted by molar-refractivity contribution is 7.85. The van der Waals surface area contributed by atoms with Gasteiger partial charge >= 0.3 is 0 Å². The Morgan fingerprint density at radius 1 is 0.886 bits per heavy atom. The smallest absolute Gasteiger partial charge is 0.123 e. The summed E-state index contributed by atoms with van der Waals surface area (Å²) in [6.45, 7) is 4.08. The number of benzene rings is 4. The Labute approximate surface area is 206 Å². The van der Waals surface area contributed by atoms with Gasteiger partial charge in [0.25, 0.3) is 0 Å². The largest absolute Gasteiger partial charge is 0.254 e. The van der Waals surface area contributed by atoms with E-state index in [0.29, 0.717) is 0 Å². The van der Waals surface area contributed by atoms with Crippen LogP contribution < -0.4 is 0 Å². The average Bonchev–Trinajstić information content (AvgIpc) is 3.30. The molecule has 35 heavy (non-hydrogen) atoms. The zero-order valence-corrected chi connectivity index (χ0v) is 20.3. The first-order valence-electron chi connectivity index (χ1n) is 11.3. The molecule has 0 aliphatic heterocycles. The molecule has 0 radical (unpaired) electrons. The van der Waals surface area contributed by atoms with Gasteiger partial charge in [-0.3, -0.25) is 4.21 Å². The van der Waals surface area contributed by atoms with Crippen molar-refractivity contribution in [3.63, 3.8) is 0 Å². The summed E-state index contributed by atoms with van der Waals surface area (Å²) >= 11 is 0. The molecule has 1 heterocycles. The Bertz CT molecular complexity index is 1560. The van der Waals surface area contributed by atoms with E-state index in [0.717, 1.165) is 49.5 Å². The monoisotopic (exact) mass is 481 g/mol. The van der Waals surface area contributed by atoms with E-state index in [1.54, 1.807) is 16.8 Å². The van der Waals surface area contributed by atoms with Gasteiger partial charge in [-0.15, -0.1) is 5.10 Å². The normalized spacial score (nSPS) is 13.0. The molecular formula is C29H24FN3OS. The van der Waals surface area contributed by atoms with Crippen LogP contribution in [-0.2, 0) is 10.8 Å². The Balaban J connectivity index is 1.83. The lowest BCUT2D eigenvalue weighted by molar-refractivity contribution is 0.627. The van der Waals surface area contributed by atoms with Crippen molar-refractivity contribution < 1.29 is 8.60 Å². The Kier molecular flexibility index (Phi) is 6.38. The summed E-state index contributed by atoms with van der Waals surface area (Å²) in [6.07, 6.45) is 0. The molecule has 0 saturated heterocycles. The van der Waals surface area contributed by atoms with Crippen LogP contribution in [0.15, 0.2) is 102 Å². The standard InChI is InChI=1S/C29H24FN3OS/c1-20-12-13-21(2)25(18-20)26(19-35(34)24-8-4-3-5-9-24)29(22-14-16-23(30)17-15-22)33-28-11-7-6-10-27(28)31-32-33/h3-18H,19H2,1-2H3/b29-26-. The molecule has 5 aromatic rings. The summed E-state index contributed by atoms with van der Waals surface area (Å²) in [5.74, 6) is -0.0624. The fourth-order valence-corrected chi connectivity index (χ4v) is 5.37. The maximum Gasteiger partial charge on any atom is 0.123 e.